The largest absolute Gasteiger partial charge is 0.388 e. The average Bonchev–Trinajstić information content (AvgIpc) is 3.49. The van der Waals surface area contributed by atoms with E-state index in [2.05, 4.69) is 58.3 Å². The number of aryl methyl sites for hydroxylation is 1. The highest BCUT2D eigenvalue weighted by Gasteiger charge is 2.43. The van der Waals surface area contributed by atoms with E-state index in [-0.39, 0.29) is 29.6 Å². The fourth-order valence-electron chi connectivity index (χ4n) is 5.32. The van der Waals surface area contributed by atoms with Crippen LogP contribution in [-0.4, -0.2) is 68.8 Å². The van der Waals surface area contributed by atoms with Crippen molar-refractivity contribution < 1.29 is 9.90 Å². The Morgan fingerprint density at radius 2 is 2.00 bits per heavy atom. The molecule has 0 aliphatic carbocycles. The smallest absolute Gasteiger partial charge is 0.293 e. The summed E-state index contributed by atoms with van der Waals surface area (Å²) >= 11 is 0. The molecule has 3 aromatic rings. The van der Waals surface area contributed by atoms with E-state index >= 15 is 0 Å². The van der Waals surface area contributed by atoms with Gasteiger partial charge in [-0.25, -0.2) is 9.50 Å². The number of aliphatic hydroxyl groups is 1. The first kappa shape index (κ1) is 21.9. The number of hydrogen-bond acceptors (Lipinski definition) is 6. The van der Waals surface area contributed by atoms with Crippen LogP contribution < -0.4 is 10.6 Å². The van der Waals surface area contributed by atoms with E-state index in [9.17, 15) is 9.90 Å². The molecule has 33 heavy (non-hydrogen) atoms. The monoisotopic (exact) mass is 448 g/mol. The number of carbonyl (C=O) groups is 1. The van der Waals surface area contributed by atoms with Crippen molar-refractivity contribution >= 4 is 17.2 Å². The molecule has 0 radical (unpaired) electrons. The van der Waals surface area contributed by atoms with Crippen LogP contribution in [0.5, 0.6) is 0 Å². The van der Waals surface area contributed by atoms with Crippen LogP contribution in [0, 0.1) is 12.8 Å². The Balaban J connectivity index is 1.40. The molecule has 5 rings (SSSR count). The number of rotatable bonds is 4. The van der Waals surface area contributed by atoms with E-state index in [1.54, 1.807) is 16.3 Å². The van der Waals surface area contributed by atoms with E-state index in [4.69, 9.17) is 5.73 Å². The van der Waals surface area contributed by atoms with E-state index in [0.717, 1.165) is 30.8 Å². The number of aromatic nitrogens is 3. The summed E-state index contributed by atoms with van der Waals surface area (Å²) in [7, 11) is 0. The summed E-state index contributed by atoms with van der Waals surface area (Å²) in [6, 6.07) is 12.8. The van der Waals surface area contributed by atoms with Gasteiger partial charge in [0, 0.05) is 37.5 Å². The molecule has 3 N–H and O–H groups in total. The third-order valence-corrected chi connectivity index (χ3v) is 7.51. The average molecular weight is 449 g/mol. The Bertz CT molecular complexity index is 1190. The fraction of sp³-hybridized carbons (Fsp3) is 0.480. The van der Waals surface area contributed by atoms with Crippen LogP contribution >= 0.6 is 0 Å². The van der Waals surface area contributed by atoms with Gasteiger partial charge in [0.25, 0.3) is 5.91 Å². The molecule has 0 bridgehead atoms. The van der Waals surface area contributed by atoms with E-state index in [1.807, 2.05) is 13.1 Å². The van der Waals surface area contributed by atoms with Crippen LogP contribution in [0.1, 0.15) is 42.0 Å². The Morgan fingerprint density at radius 3 is 2.70 bits per heavy atom. The van der Waals surface area contributed by atoms with Crippen molar-refractivity contribution in [1.29, 1.82) is 0 Å². The molecule has 1 amide bonds. The Kier molecular flexibility index (Phi) is 5.17. The van der Waals surface area contributed by atoms with Crippen molar-refractivity contribution in [3.05, 3.63) is 59.5 Å². The normalized spacial score (nSPS) is 27.6. The third kappa shape index (κ3) is 3.77. The van der Waals surface area contributed by atoms with Crippen LogP contribution in [0.15, 0.2) is 42.6 Å². The van der Waals surface area contributed by atoms with Crippen LogP contribution in [-0.2, 0) is 5.41 Å². The SMILES string of the molecule is Cc1cc(N2CC[C@](C)(c3ccccc3)C2)cn2nc(C(=O)N3CC(CN)C(C)(O)C3)nc12. The van der Waals surface area contributed by atoms with Gasteiger partial charge in [-0.3, -0.25) is 4.79 Å². The molecule has 3 atom stereocenters. The molecule has 2 aliphatic heterocycles. The zero-order valence-corrected chi connectivity index (χ0v) is 19.5. The number of β-amino-alcohol motifs (C(OH)–C–C–N with tert-alkyl or cyclic N) is 1. The number of benzene rings is 1. The standard InChI is InChI=1S/C25H32N6O2/c1-17-11-20(29-10-9-24(2,15-29)18-7-5-4-6-8-18)14-31-22(17)27-21(28-31)23(32)30-13-19(12-26)25(3,33)16-30/h4-8,11,14,19,33H,9-10,12-13,15-16,26H2,1-3H3/t19?,24-,25?/m0/s1. The lowest BCUT2D eigenvalue weighted by Crippen LogP contribution is -2.38. The van der Waals surface area contributed by atoms with Gasteiger partial charge >= 0.3 is 0 Å². The molecule has 174 valence electrons. The molecule has 0 saturated carbocycles. The first-order chi connectivity index (χ1) is 15.7. The minimum atomic E-state index is -0.992. The van der Waals surface area contributed by atoms with Crippen molar-refractivity contribution in [3.8, 4) is 0 Å². The molecule has 2 aromatic heterocycles. The van der Waals surface area contributed by atoms with Crippen molar-refractivity contribution in [1.82, 2.24) is 19.5 Å². The van der Waals surface area contributed by atoms with Gasteiger partial charge in [-0.1, -0.05) is 37.3 Å². The summed E-state index contributed by atoms with van der Waals surface area (Å²) in [4.78, 5) is 21.6. The molecule has 2 aliphatic rings. The van der Waals surface area contributed by atoms with E-state index in [1.165, 1.54) is 5.56 Å². The number of anilines is 1. The summed E-state index contributed by atoms with van der Waals surface area (Å²) in [6.45, 7) is 8.90. The van der Waals surface area contributed by atoms with Crippen molar-refractivity contribution in [2.75, 3.05) is 37.6 Å². The summed E-state index contributed by atoms with van der Waals surface area (Å²) in [5, 5.41) is 15.1. The number of carbonyl (C=O) groups excluding carboxylic acids is 1. The molecule has 2 saturated heterocycles. The first-order valence-corrected chi connectivity index (χ1v) is 11.6. The maximum Gasteiger partial charge on any atom is 0.293 e. The summed E-state index contributed by atoms with van der Waals surface area (Å²) in [6.07, 6.45) is 3.04. The number of nitrogens with zero attached hydrogens (tertiary/aromatic N) is 5. The van der Waals surface area contributed by atoms with Crippen LogP contribution in [0.25, 0.3) is 5.65 Å². The predicted octanol–water partition coefficient (Wildman–Crippen LogP) is 1.99. The van der Waals surface area contributed by atoms with E-state index < -0.39 is 5.60 Å². The van der Waals surface area contributed by atoms with Gasteiger partial charge in [-0.05, 0) is 44.0 Å². The summed E-state index contributed by atoms with van der Waals surface area (Å²) in [5.41, 5.74) is 8.98. The molecule has 2 fully saturated rings. The zero-order valence-electron chi connectivity index (χ0n) is 19.5. The van der Waals surface area contributed by atoms with Crippen molar-refractivity contribution in [2.45, 2.75) is 38.2 Å². The fourth-order valence-corrected chi connectivity index (χ4v) is 5.32. The molecule has 2 unspecified atom stereocenters. The molecule has 4 heterocycles. The lowest BCUT2D eigenvalue weighted by molar-refractivity contribution is 0.0321. The van der Waals surface area contributed by atoms with Gasteiger partial charge in [0.05, 0.1) is 17.5 Å². The molecule has 1 aromatic carbocycles. The topological polar surface area (TPSA) is 100.0 Å². The van der Waals surface area contributed by atoms with Gasteiger partial charge in [0.2, 0.25) is 5.82 Å². The number of likely N-dealkylation sites (tertiary alicyclic amines) is 1. The second-order valence-corrected chi connectivity index (χ2v) is 10.2. The molecular weight excluding hydrogens is 416 g/mol. The predicted molar refractivity (Wildman–Crippen MR) is 127 cm³/mol. The molecular formula is C25H32N6O2. The van der Waals surface area contributed by atoms with Crippen LogP contribution in [0.4, 0.5) is 5.69 Å². The number of amides is 1. The minimum absolute atomic E-state index is 0.0971. The lowest BCUT2D eigenvalue weighted by Gasteiger charge is -2.26. The number of hydrogen-bond donors (Lipinski definition) is 2. The maximum atomic E-state index is 13.1. The minimum Gasteiger partial charge on any atom is -0.388 e. The van der Waals surface area contributed by atoms with Gasteiger partial charge in [0.15, 0.2) is 5.65 Å². The van der Waals surface area contributed by atoms with Crippen molar-refractivity contribution in [3.63, 3.8) is 0 Å². The highest BCUT2D eigenvalue weighted by molar-refractivity contribution is 5.91. The Labute approximate surface area is 194 Å². The van der Waals surface area contributed by atoms with Gasteiger partial charge in [0.1, 0.15) is 0 Å². The number of nitrogens with two attached hydrogens (primary N) is 1. The Morgan fingerprint density at radius 1 is 1.24 bits per heavy atom. The maximum absolute atomic E-state index is 13.1. The number of fused-ring (bicyclic) bond motifs is 1. The lowest BCUT2D eigenvalue weighted by atomic mass is 9.82. The number of pyridine rings is 1. The summed E-state index contributed by atoms with van der Waals surface area (Å²) in [5.74, 6) is -0.270. The van der Waals surface area contributed by atoms with Crippen LogP contribution in [0.3, 0.4) is 0 Å². The third-order valence-electron chi connectivity index (χ3n) is 7.51. The quantitative estimate of drug-likeness (QED) is 0.633. The Hall–Kier alpha value is -2.97. The second-order valence-electron chi connectivity index (χ2n) is 10.2. The highest BCUT2D eigenvalue weighted by atomic mass is 16.3. The molecule has 0 spiro atoms. The van der Waals surface area contributed by atoms with Gasteiger partial charge in [-0.15, -0.1) is 5.10 Å². The van der Waals surface area contributed by atoms with Gasteiger partial charge < -0.3 is 20.6 Å². The van der Waals surface area contributed by atoms with Gasteiger partial charge in [-0.2, -0.15) is 0 Å². The zero-order chi connectivity index (χ0) is 23.4. The second kappa shape index (κ2) is 7.81. The van der Waals surface area contributed by atoms with Crippen LogP contribution in [0.2, 0.25) is 0 Å². The van der Waals surface area contributed by atoms with E-state index in [0.29, 0.717) is 18.7 Å². The first-order valence-electron chi connectivity index (χ1n) is 11.6. The van der Waals surface area contributed by atoms with Crippen molar-refractivity contribution in [2.24, 2.45) is 11.7 Å². The molecule has 8 heteroatoms. The summed E-state index contributed by atoms with van der Waals surface area (Å²) < 4.78 is 1.71. The molecule has 8 nitrogen and oxygen atoms in total. The highest BCUT2D eigenvalue weighted by Crippen LogP contribution is 2.36.